The summed E-state index contributed by atoms with van der Waals surface area (Å²) in [5.41, 5.74) is -0.286. The van der Waals surface area contributed by atoms with Gasteiger partial charge in [-0.15, -0.1) is 10.2 Å². The highest BCUT2D eigenvalue weighted by Gasteiger charge is 2.48. The first-order valence-electron chi connectivity index (χ1n) is 9.60. The number of anilines is 2. The smallest absolute Gasteiger partial charge is 0.355 e. The Labute approximate surface area is 172 Å². The van der Waals surface area contributed by atoms with Crippen LogP contribution in [0.4, 0.5) is 33.6 Å². The third-order valence-corrected chi connectivity index (χ3v) is 5.72. The van der Waals surface area contributed by atoms with Crippen molar-refractivity contribution in [2.24, 2.45) is 5.41 Å². The van der Waals surface area contributed by atoms with Crippen molar-refractivity contribution in [3.63, 3.8) is 0 Å². The van der Waals surface area contributed by atoms with Gasteiger partial charge in [-0.05, 0) is 18.6 Å². The van der Waals surface area contributed by atoms with E-state index in [9.17, 15) is 22.0 Å². The van der Waals surface area contributed by atoms with Crippen molar-refractivity contribution in [2.45, 2.75) is 25.6 Å². The molecule has 0 N–H and O–H groups in total. The molecule has 0 saturated carbocycles. The van der Waals surface area contributed by atoms with Gasteiger partial charge in [0.05, 0.1) is 12.4 Å². The van der Waals surface area contributed by atoms with Crippen LogP contribution >= 0.6 is 0 Å². The van der Waals surface area contributed by atoms with Crippen molar-refractivity contribution in [1.82, 2.24) is 29.9 Å². The van der Waals surface area contributed by atoms with E-state index in [1.165, 1.54) is 12.3 Å². The van der Waals surface area contributed by atoms with Crippen molar-refractivity contribution < 1.29 is 22.0 Å². The van der Waals surface area contributed by atoms with Crippen LogP contribution in [0.15, 0.2) is 24.5 Å². The second-order valence-electron chi connectivity index (χ2n) is 7.96. The molecule has 0 atom stereocenters. The molecule has 1 spiro atoms. The Hall–Kier alpha value is -3.12. The van der Waals surface area contributed by atoms with Crippen LogP contribution in [-0.2, 0) is 12.7 Å². The minimum absolute atomic E-state index is 0.0375. The molecule has 0 aliphatic carbocycles. The van der Waals surface area contributed by atoms with Gasteiger partial charge in [-0.2, -0.15) is 18.3 Å². The van der Waals surface area contributed by atoms with E-state index in [0.29, 0.717) is 42.4 Å². The third-order valence-electron chi connectivity index (χ3n) is 5.72. The van der Waals surface area contributed by atoms with E-state index in [2.05, 4.69) is 25.3 Å². The maximum atomic E-state index is 12.8. The van der Waals surface area contributed by atoms with Crippen LogP contribution in [0.3, 0.4) is 0 Å². The van der Waals surface area contributed by atoms with E-state index in [-0.39, 0.29) is 5.41 Å². The fraction of sp³-hybridized carbons (Fsp3) is 0.500. The van der Waals surface area contributed by atoms with Crippen LogP contribution in [-0.4, -0.2) is 62.6 Å². The van der Waals surface area contributed by atoms with Crippen LogP contribution in [0.1, 0.15) is 12.1 Å². The van der Waals surface area contributed by atoms with E-state index < -0.39 is 24.8 Å². The Morgan fingerprint density at radius 1 is 1.00 bits per heavy atom. The molecule has 13 heteroatoms. The highest BCUT2D eigenvalue weighted by molar-refractivity contribution is 5.71. The molecule has 5 heterocycles. The summed E-state index contributed by atoms with van der Waals surface area (Å²) < 4.78 is 64.6. The lowest BCUT2D eigenvalue weighted by atomic mass is 9.79. The minimum Gasteiger partial charge on any atom is -0.355 e. The number of hydrogen-bond acceptors (Lipinski definition) is 7. The van der Waals surface area contributed by atoms with Gasteiger partial charge in [0.25, 0.3) is 6.43 Å². The van der Waals surface area contributed by atoms with Crippen molar-refractivity contribution in [1.29, 1.82) is 0 Å². The Bertz CT molecular complexity index is 1090. The van der Waals surface area contributed by atoms with Crippen molar-refractivity contribution in [2.75, 3.05) is 36.0 Å². The second-order valence-corrected chi connectivity index (χ2v) is 7.96. The molecule has 164 valence electrons. The molecule has 2 saturated heterocycles. The summed E-state index contributed by atoms with van der Waals surface area (Å²) in [5.74, 6) is 1.00. The fourth-order valence-electron chi connectivity index (χ4n) is 4.22. The molecule has 0 aromatic carbocycles. The first kappa shape index (κ1) is 19.8. The molecule has 31 heavy (non-hydrogen) atoms. The summed E-state index contributed by atoms with van der Waals surface area (Å²) in [6.07, 6.45) is -3.17. The molecular weight excluding hydrogens is 423 g/mol. The van der Waals surface area contributed by atoms with Crippen LogP contribution in [0.2, 0.25) is 0 Å². The number of rotatable bonds is 4. The van der Waals surface area contributed by atoms with Crippen LogP contribution < -0.4 is 9.80 Å². The first-order valence-corrected chi connectivity index (χ1v) is 9.60. The highest BCUT2D eigenvalue weighted by atomic mass is 19.4. The van der Waals surface area contributed by atoms with Crippen LogP contribution in [0.5, 0.6) is 0 Å². The summed E-state index contributed by atoms with van der Waals surface area (Å²) >= 11 is 0. The summed E-state index contributed by atoms with van der Waals surface area (Å²) in [6.45, 7) is 2.14. The number of nitrogens with zero attached hydrogens (tertiary/aromatic N) is 8. The zero-order valence-corrected chi connectivity index (χ0v) is 16.1. The average molecular weight is 440 g/mol. The second kappa shape index (κ2) is 6.95. The number of aromatic nitrogens is 6. The first-order chi connectivity index (χ1) is 14.7. The lowest BCUT2D eigenvalue weighted by Crippen LogP contribution is -2.58. The topological polar surface area (TPSA) is 75.9 Å². The molecule has 3 aromatic rings. The Kier molecular flexibility index (Phi) is 4.45. The Morgan fingerprint density at radius 3 is 2.45 bits per heavy atom. The van der Waals surface area contributed by atoms with Crippen LogP contribution in [0.25, 0.3) is 11.2 Å². The summed E-state index contributed by atoms with van der Waals surface area (Å²) in [7, 11) is 0. The molecule has 2 fully saturated rings. The van der Waals surface area contributed by atoms with Gasteiger partial charge < -0.3 is 9.80 Å². The van der Waals surface area contributed by atoms with Gasteiger partial charge in [-0.1, -0.05) is 0 Å². The molecule has 0 bridgehead atoms. The largest absolute Gasteiger partial charge is 0.435 e. The van der Waals surface area contributed by atoms with Gasteiger partial charge >= 0.3 is 6.18 Å². The number of alkyl halides is 5. The van der Waals surface area contributed by atoms with E-state index >= 15 is 0 Å². The van der Waals surface area contributed by atoms with Gasteiger partial charge in [0.2, 0.25) is 0 Å². The summed E-state index contributed by atoms with van der Waals surface area (Å²) in [6, 6.07) is 2.26. The Balaban J connectivity index is 1.27. The van der Waals surface area contributed by atoms with Gasteiger partial charge in [0.1, 0.15) is 17.9 Å². The van der Waals surface area contributed by atoms with Gasteiger partial charge in [-0.3, -0.25) is 0 Å². The maximum Gasteiger partial charge on any atom is 0.435 e. The molecule has 8 nitrogen and oxygen atoms in total. The quantitative estimate of drug-likeness (QED) is 0.578. The van der Waals surface area contributed by atoms with Gasteiger partial charge in [0, 0.05) is 31.6 Å². The molecule has 2 aliphatic rings. The molecular formula is C18H17F5N8. The van der Waals surface area contributed by atoms with E-state index in [1.807, 2.05) is 9.80 Å². The van der Waals surface area contributed by atoms with E-state index in [1.54, 1.807) is 6.20 Å². The van der Waals surface area contributed by atoms with Crippen molar-refractivity contribution in [3.8, 4) is 0 Å². The lowest BCUT2D eigenvalue weighted by molar-refractivity contribution is -0.141. The van der Waals surface area contributed by atoms with Crippen LogP contribution in [0, 0.1) is 5.41 Å². The normalized spacial score (nSPS) is 18.4. The average Bonchev–Trinajstić information content (AvgIpc) is 3.31. The number of fused-ring (bicyclic) bond motifs is 1. The fourth-order valence-corrected chi connectivity index (χ4v) is 4.22. The molecule has 0 radical (unpaired) electrons. The summed E-state index contributed by atoms with van der Waals surface area (Å²) in [5, 5.41) is 10.9. The molecule has 2 aliphatic heterocycles. The summed E-state index contributed by atoms with van der Waals surface area (Å²) in [4.78, 5) is 12.7. The Morgan fingerprint density at radius 2 is 1.77 bits per heavy atom. The van der Waals surface area contributed by atoms with Gasteiger partial charge in [0.15, 0.2) is 17.2 Å². The predicted octanol–water partition coefficient (Wildman–Crippen LogP) is 2.62. The zero-order chi connectivity index (χ0) is 21.8. The number of hydrogen-bond donors (Lipinski definition) is 0. The van der Waals surface area contributed by atoms with Crippen molar-refractivity contribution in [3.05, 3.63) is 30.2 Å². The third kappa shape index (κ3) is 3.61. The minimum atomic E-state index is -4.51. The molecule has 3 aromatic heterocycles. The van der Waals surface area contributed by atoms with E-state index in [0.717, 1.165) is 23.7 Å². The molecule has 0 unspecified atom stereocenters. The molecule has 0 amide bonds. The molecule has 5 rings (SSSR count). The lowest BCUT2D eigenvalue weighted by Gasteiger charge is -2.48. The maximum absolute atomic E-state index is 12.8. The van der Waals surface area contributed by atoms with Gasteiger partial charge in [-0.25, -0.2) is 23.4 Å². The van der Waals surface area contributed by atoms with Crippen molar-refractivity contribution >= 4 is 22.8 Å². The monoisotopic (exact) mass is 440 g/mol. The zero-order valence-electron chi connectivity index (χ0n) is 16.1. The van der Waals surface area contributed by atoms with E-state index in [4.69, 9.17) is 0 Å². The highest BCUT2D eigenvalue weighted by Crippen LogP contribution is 2.42. The number of halogens is 5. The SMILES string of the molecule is FC(F)Cn1ncc2ncc(N3CCC4(CN(c5ccc(C(F)(F)F)nn5)C4)C3)nc21. The standard InChI is InChI=1S/C18H17F5N8/c19-13(20)7-31-16-11(5-25-31)24-6-15(26-16)29-4-3-17(8-29)9-30(10-17)14-2-1-12(27-28-14)18(21,22)23/h1-2,5-6,13H,3-4,7-10H2. The predicted molar refractivity (Wildman–Crippen MR) is 99.8 cm³/mol.